The van der Waals surface area contributed by atoms with Crippen LogP contribution in [0, 0.1) is 12.8 Å². The number of rotatable bonds is 2. The first-order valence-electron chi connectivity index (χ1n) is 5.81. The number of nitrogens with one attached hydrogen (secondary N) is 1. The van der Waals surface area contributed by atoms with E-state index in [-0.39, 0.29) is 11.8 Å². The number of hydrogen-bond acceptors (Lipinski definition) is 2. The molecule has 0 aromatic heterocycles. The monoisotopic (exact) mass is 313 g/mol. The molecule has 0 bridgehead atoms. The second-order valence-electron chi connectivity index (χ2n) is 4.34. The van der Waals surface area contributed by atoms with Gasteiger partial charge in [-0.05, 0) is 49.0 Å². The van der Waals surface area contributed by atoms with Crippen LogP contribution in [0.15, 0.2) is 22.7 Å². The maximum atomic E-state index is 12.0. The molecule has 0 unspecified atom stereocenters. The van der Waals surface area contributed by atoms with Crippen molar-refractivity contribution in [2.75, 3.05) is 16.8 Å². The predicted octanol–water partition coefficient (Wildman–Crippen LogP) is 3.84. The Balaban J connectivity index is 1.99. The number of amides is 1. The van der Waals surface area contributed by atoms with Gasteiger partial charge in [-0.1, -0.05) is 22.0 Å². The van der Waals surface area contributed by atoms with E-state index in [2.05, 4.69) is 21.2 Å². The molecule has 17 heavy (non-hydrogen) atoms. The Morgan fingerprint density at radius 1 is 1.41 bits per heavy atom. The molecule has 92 valence electrons. The zero-order valence-electron chi connectivity index (χ0n) is 9.83. The number of anilines is 1. The molecular weight excluding hydrogens is 298 g/mol. The lowest BCUT2D eigenvalue weighted by Crippen LogP contribution is -2.26. The van der Waals surface area contributed by atoms with E-state index in [9.17, 15) is 4.79 Å². The summed E-state index contributed by atoms with van der Waals surface area (Å²) >= 11 is 5.42. The average Bonchev–Trinajstić information content (AvgIpc) is 2.35. The molecule has 0 aliphatic carbocycles. The molecule has 4 heteroatoms. The fraction of sp³-hybridized carbons (Fsp3) is 0.462. The standard InChI is InChI=1S/C13H16BrNOS/c1-9-2-3-11(8-12(9)14)15-13(16)10-4-6-17-7-5-10/h2-3,8,10H,4-7H2,1H3,(H,15,16). The largest absolute Gasteiger partial charge is 0.326 e. The molecule has 1 fully saturated rings. The van der Waals surface area contributed by atoms with Gasteiger partial charge in [0.25, 0.3) is 0 Å². The van der Waals surface area contributed by atoms with Crippen molar-refractivity contribution in [2.24, 2.45) is 5.92 Å². The Kier molecular flexibility index (Phi) is 4.51. The summed E-state index contributed by atoms with van der Waals surface area (Å²) in [6.45, 7) is 2.04. The maximum Gasteiger partial charge on any atom is 0.227 e. The van der Waals surface area contributed by atoms with Crippen molar-refractivity contribution >= 4 is 39.3 Å². The van der Waals surface area contributed by atoms with Crippen molar-refractivity contribution in [2.45, 2.75) is 19.8 Å². The highest BCUT2D eigenvalue weighted by Crippen LogP contribution is 2.25. The molecule has 0 saturated carbocycles. The van der Waals surface area contributed by atoms with Gasteiger partial charge in [-0.3, -0.25) is 4.79 Å². The molecule has 1 saturated heterocycles. The minimum absolute atomic E-state index is 0.168. The van der Waals surface area contributed by atoms with Gasteiger partial charge >= 0.3 is 0 Å². The number of carbonyl (C=O) groups is 1. The summed E-state index contributed by atoms with van der Waals surface area (Å²) < 4.78 is 1.04. The highest BCUT2D eigenvalue weighted by atomic mass is 79.9. The van der Waals surface area contributed by atoms with Crippen LogP contribution in [-0.4, -0.2) is 17.4 Å². The molecule has 1 heterocycles. The molecule has 1 aromatic carbocycles. The molecule has 1 amide bonds. The van der Waals surface area contributed by atoms with E-state index >= 15 is 0 Å². The first-order chi connectivity index (χ1) is 8.16. The molecule has 0 atom stereocenters. The quantitative estimate of drug-likeness (QED) is 0.898. The SMILES string of the molecule is Cc1ccc(NC(=O)C2CCSCC2)cc1Br. The van der Waals surface area contributed by atoms with Crippen molar-refractivity contribution in [3.63, 3.8) is 0 Å². The number of thioether (sulfide) groups is 1. The zero-order chi connectivity index (χ0) is 12.3. The lowest BCUT2D eigenvalue weighted by Gasteiger charge is -2.20. The van der Waals surface area contributed by atoms with Crippen LogP contribution >= 0.6 is 27.7 Å². The van der Waals surface area contributed by atoms with Gasteiger partial charge in [0.2, 0.25) is 5.91 Å². The van der Waals surface area contributed by atoms with Crippen molar-refractivity contribution in [1.82, 2.24) is 0 Å². The molecule has 2 nitrogen and oxygen atoms in total. The van der Waals surface area contributed by atoms with Crippen LogP contribution in [0.2, 0.25) is 0 Å². The van der Waals surface area contributed by atoms with E-state index in [0.29, 0.717) is 0 Å². The van der Waals surface area contributed by atoms with E-state index < -0.39 is 0 Å². The summed E-state index contributed by atoms with van der Waals surface area (Å²) in [5.74, 6) is 2.57. The Hall–Kier alpha value is -0.480. The smallest absolute Gasteiger partial charge is 0.227 e. The molecule has 0 spiro atoms. The van der Waals surface area contributed by atoms with Crippen molar-refractivity contribution in [3.05, 3.63) is 28.2 Å². The molecule has 1 N–H and O–H groups in total. The van der Waals surface area contributed by atoms with Gasteiger partial charge in [0.15, 0.2) is 0 Å². The van der Waals surface area contributed by atoms with Crippen LogP contribution in [0.5, 0.6) is 0 Å². The summed E-state index contributed by atoms with van der Waals surface area (Å²) in [7, 11) is 0. The van der Waals surface area contributed by atoms with Gasteiger partial charge in [-0.25, -0.2) is 0 Å². The zero-order valence-corrected chi connectivity index (χ0v) is 12.2. The highest BCUT2D eigenvalue weighted by Gasteiger charge is 2.21. The highest BCUT2D eigenvalue weighted by molar-refractivity contribution is 9.10. The first-order valence-corrected chi connectivity index (χ1v) is 7.76. The average molecular weight is 314 g/mol. The maximum absolute atomic E-state index is 12.0. The second-order valence-corrected chi connectivity index (χ2v) is 6.42. The summed E-state index contributed by atoms with van der Waals surface area (Å²) in [5, 5.41) is 3.00. The van der Waals surface area contributed by atoms with E-state index in [1.54, 1.807) is 0 Å². The number of halogens is 1. The third-order valence-electron chi connectivity index (χ3n) is 3.03. The number of aryl methyl sites for hydroxylation is 1. The van der Waals surface area contributed by atoms with Crippen molar-refractivity contribution < 1.29 is 4.79 Å². The molecule has 0 radical (unpaired) electrons. The predicted molar refractivity (Wildman–Crippen MR) is 77.6 cm³/mol. The minimum Gasteiger partial charge on any atom is -0.326 e. The van der Waals surface area contributed by atoms with Gasteiger partial charge in [-0.15, -0.1) is 0 Å². The van der Waals surface area contributed by atoms with Gasteiger partial charge < -0.3 is 5.32 Å². The molecular formula is C13H16BrNOS. The fourth-order valence-electron chi connectivity index (χ4n) is 1.87. The van der Waals surface area contributed by atoms with Gasteiger partial charge in [0.05, 0.1) is 0 Å². The number of benzene rings is 1. The van der Waals surface area contributed by atoms with Crippen LogP contribution in [0.1, 0.15) is 18.4 Å². The lowest BCUT2D eigenvalue weighted by molar-refractivity contribution is -0.120. The van der Waals surface area contributed by atoms with Crippen LogP contribution in [0.4, 0.5) is 5.69 Å². The van der Waals surface area contributed by atoms with Crippen LogP contribution in [0.25, 0.3) is 0 Å². The fourth-order valence-corrected chi connectivity index (χ4v) is 3.36. The lowest BCUT2D eigenvalue weighted by atomic mass is 10.0. The second kappa shape index (κ2) is 5.91. The Labute approximate surface area is 115 Å². The van der Waals surface area contributed by atoms with E-state index in [4.69, 9.17) is 0 Å². The Bertz CT molecular complexity index is 416. The van der Waals surface area contributed by atoms with Crippen LogP contribution < -0.4 is 5.32 Å². The molecule has 2 rings (SSSR count). The summed E-state index contributed by atoms with van der Waals surface area (Å²) in [6.07, 6.45) is 2.01. The van der Waals surface area contributed by atoms with Gasteiger partial charge in [-0.2, -0.15) is 11.8 Å². The number of hydrogen-bond donors (Lipinski definition) is 1. The van der Waals surface area contributed by atoms with Crippen molar-refractivity contribution in [3.8, 4) is 0 Å². The van der Waals surface area contributed by atoms with E-state index in [1.807, 2.05) is 36.9 Å². The first kappa shape index (κ1) is 13.0. The third-order valence-corrected chi connectivity index (χ3v) is 4.93. The van der Waals surface area contributed by atoms with E-state index in [1.165, 1.54) is 5.56 Å². The summed E-state index contributed by atoms with van der Waals surface area (Å²) in [4.78, 5) is 12.0. The topological polar surface area (TPSA) is 29.1 Å². The van der Waals surface area contributed by atoms with Gasteiger partial charge in [0, 0.05) is 16.1 Å². The molecule has 1 aliphatic heterocycles. The summed E-state index contributed by atoms with van der Waals surface area (Å²) in [5.41, 5.74) is 2.06. The minimum atomic E-state index is 0.168. The molecule has 1 aromatic rings. The summed E-state index contributed by atoms with van der Waals surface area (Å²) in [6, 6.07) is 5.93. The van der Waals surface area contributed by atoms with Gasteiger partial charge in [0.1, 0.15) is 0 Å². The Morgan fingerprint density at radius 3 is 2.76 bits per heavy atom. The normalized spacial score (nSPS) is 16.8. The van der Waals surface area contributed by atoms with Crippen LogP contribution in [0.3, 0.4) is 0 Å². The van der Waals surface area contributed by atoms with Crippen LogP contribution in [-0.2, 0) is 4.79 Å². The molecule has 1 aliphatic rings. The Morgan fingerprint density at radius 2 is 2.12 bits per heavy atom. The number of carbonyl (C=O) groups excluding carboxylic acids is 1. The van der Waals surface area contributed by atoms with E-state index in [0.717, 1.165) is 34.5 Å². The third kappa shape index (κ3) is 3.49. The van der Waals surface area contributed by atoms with Crippen molar-refractivity contribution in [1.29, 1.82) is 0 Å².